The molecule has 1 heterocycles. The lowest BCUT2D eigenvalue weighted by Crippen LogP contribution is -2.45. The third-order valence-corrected chi connectivity index (χ3v) is 6.66. The molecule has 1 aromatic carbocycles. The zero-order valence-electron chi connectivity index (χ0n) is 15.6. The fourth-order valence-corrected chi connectivity index (χ4v) is 4.50. The molecule has 0 spiro atoms. The molecule has 1 aliphatic heterocycles. The minimum Gasteiger partial charge on any atom is -0.341 e. The number of sulfonamides is 1. The predicted molar refractivity (Wildman–Crippen MR) is 99.3 cm³/mol. The molecule has 1 aliphatic rings. The Bertz CT molecular complexity index is 736. The van der Waals surface area contributed by atoms with Crippen LogP contribution >= 0.6 is 0 Å². The molecule has 0 aromatic heterocycles. The van der Waals surface area contributed by atoms with Crippen LogP contribution in [0.1, 0.15) is 44.0 Å². The van der Waals surface area contributed by atoms with E-state index in [0.717, 1.165) is 25.9 Å². The van der Waals surface area contributed by atoms with Crippen molar-refractivity contribution in [2.45, 2.75) is 44.6 Å². The van der Waals surface area contributed by atoms with E-state index in [2.05, 4.69) is 5.32 Å². The van der Waals surface area contributed by atoms with E-state index in [4.69, 9.17) is 0 Å². The van der Waals surface area contributed by atoms with Crippen molar-refractivity contribution in [2.75, 3.05) is 26.2 Å². The molecular weight excluding hydrogens is 354 g/mol. The standard InChI is InChI=1S/C18H27N3O4S/c1-4-21(5-2)26(24,25)16-10-8-15(9-11-16)17(22)19-14(3)18(23)20-12-6-7-13-20/h8-11,14H,4-7,12-13H2,1-3H3,(H,19,22)/t14-/m0/s1. The van der Waals surface area contributed by atoms with Crippen LogP contribution in [0.2, 0.25) is 0 Å². The van der Waals surface area contributed by atoms with E-state index in [0.29, 0.717) is 18.7 Å². The maximum Gasteiger partial charge on any atom is 0.251 e. The van der Waals surface area contributed by atoms with Gasteiger partial charge in [0, 0.05) is 31.7 Å². The molecule has 26 heavy (non-hydrogen) atoms. The molecule has 1 saturated heterocycles. The van der Waals surface area contributed by atoms with Crippen LogP contribution in [-0.2, 0) is 14.8 Å². The Kier molecular flexibility index (Phi) is 6.77. The van der Waals surface area contributed by atoms with Crippen molar-refractivity contribution < 1.29 is 18.0 Å². The number of hydrogen-bond acceptors (Lipinski definition) is 4. The third kappa shape index (κ3) is 4.42. The molecule has 0 saturated carbocycles. The zero-order chi connectivity index (χ0) is 19.3. The molecule has 7 nitrogen and oxygen atoms in total. The highest BCUT2D eigenvalue weighted by molar-refractivity contribution is 7.89. The van der Waals surface area contributed by atoms with Crippen molar-refractivity contribution in [1.82, 2.24) is 14.5 Å². The van der Waals surface area contributed by atoms with Gasteiger partial charge in [-0.1, -0.05) is 13.8 Å². The van der Waals surface area contributed by atoms with Gasteiger partial charge in [-0.3, -0.25) is 9.59 Å². The summed E-state index contributed by atoms with van der Waals surface area (Å²) in [6, 6.07) is 5.18. The maximum absolute atomic E-state index is 12.5. The number of amides is 2. The summed E-state index contributed by atoms with van der Waals surface area (Å²) in [4.78, 5) is 26.5. The van der Waals surface area contributed by atoms with E-state index in [-0.39, 0.29) is 10.8 Å². The molecule has 0 radical (unpaired) electrons. The third-order valence-electron chi connectivity index (χ3n) is 4.60. The largest absolute Gasteiger partial charge is 0.341 e. The normalized spacial score (nSPS) is 15.9. The molecule has 0 aliphatic carbocycles. The van der Waals surface area contributed by atoms with E-state index < -0.39 is 22.0 Å². The van der Waals surface area contributed by atoms with Crippen LogP contribution in [-0.4, -0.2) is 61.7 Å². The van der Waals surface area contributed by atoms with Crippen molar-refractivity contribution in [2.24, 2.45) is 0 Å². The molecule has 1 aromatic rings. The first-order chi connectivity index (χ1) is 12.3. The van der Waals surface area contributed by atoms with Gasteiger partial charge in [-0.25, -0.2) is 8.42 Å². The minimum atomic E-state index is -3.55. The lowest BCUT2D eigenvalue weighted by molar-refractivity contribution is -0.131. The number of rotatable bonds is 7. The first-order valence-electron chi connectivity index (χ1n) is 9.01. The summed E-state index contributed by atoms with van der Waals surface area (Å²) < 4.78 is 26.3. The molecular formula is C18H27N3O4S. The first kappa shape index (κ1) is 20.4. The monoisotopic (exact) mass is 381 g/mol. The Morgan fingerprint density at radius 3 is 2.15 bits per heavy atom. The summed E-state index contributed by atoms with van der Waals surface area (Å²) >= 11 is 0. The van der Waals surface area contributed by atoms with Crippen molar-refractivity contribution in [3.63, 3.8) is 0 Å². The smallest absolute Gasteiger partial charge is 0.251 e. The van der Waals surface area contributed by atoms with Crippen LogP contribution in [0, 0.1) is 0 Å². The number of carbonyl (C=O) groups is 2. The molecule has 0 unspecified atom stereocenters. The topological polar surface area (TPSA) is 86.8 Å². The van der Waals surface area contributed by atoms with Gasteiger partial charge in [0.05, 0.1) is 4.90 Å². The quantitative estimate of drug-likeness (QED) is 0.775. The molecule has 1 atom stereocenters. The van der Waals surface area contributed by atoms with Gasteiger partial charge < -0.3 is 10.2 Å². The summed E-state index contributed by atoms with van der Waals surface area (Å²) in [7, 11) is -3.55. The molecule has 1 N–H and O–H groups in total. The Morgan fingerprint density at radius 1 is 1.12 bits per heavy atom. The Balaban J connectivity index is 2.05. The predicted octanol–water partition coefficient (Wildman–Crippen LogP) is 1.46. The van der Waals surface area contributed by atoms with E-state index in [1.165, 1.54) is 28.6 Å². The van der Waals surface area contributed by atoms with Crippen LogP contribution < -0.4 is 5.32 Å². The van der Waals surface area contributed by atoms with Crippen molar-refractivity contribution in [3.8, 4) is 0 Å². The fourth-order valence-electron chi connectivity index (χ4n) is 3.04. The number of likely N-dealkylation sites (tertiary alicyclic amines) is 1. The van der Waals surface area contributed by atoms with Crippen LogP contribution in [0.15, 0.2) is 29.2 Å². The van der Waals surface area contributed by atoms with Crippen LogP contribution in [0.4, 0.5) is 0 Å². The maximum atomic E-state index is 12.5. The van der Waals surface area contributed by atoms with Gasteiger partial charge in [-0.15, -0.1) is 0 Å². The van der Waals surface area contributed by atoms with Crippen molar-refractivity contribution in [3.05, 3.63) is 29.8 Å². The first-order valence-corrected chi connectivity index (χ1v) is 10.4. The summed E-state index contributed by atoms with van der Waals surface area (Å²) in [6.45, 7) is 7.46. The number of carbonyl (C=O) groups excluding carboxylic acids is 2. The van der Waals surface area contributed by atoms with E-state index in [1.54, 1.807) is 25.7 Å². The molecule has 1 fully saturated rings. The molecule has 0 bridgehead atoms. The number of benzene rings is 1. The summed E-state index contributed by atoms with van der Waals surface area (Å²) in [5.74, 6) is -0.478. The molecule has 2 amide bonds. The lowest BCUT2D eigenvalue weighted by atomic mass is 10.2. The highest BCUT2D eigenvalue weighted by Gasteiger charge is 2.25. The van der Waals surface area contributed by atoms with Crippen molar-refractivity contribution in [1.29, 1.82) is 0 Å². The van der Waals surface area contributed by atoms with Gasteiger partial charge in [0.2, 0.25) is 15.9 Å². The van der Waals surface area contributed by atoms with Crippen LogP contribution in [0.25, 0.3) is 0 Å². The van der Waals surface area contributed by atoms with Gasteiger partial charge in [-0.05, 0) is 44.0 Å². The van der Waals surface area contributed by atoms with Gasteiger partial charge in [0.1, 0.15) is 6.04 Å². The number of nitrogens with zero attached hydrogens (tertiary/aromatic N) is 2. The highest BCUT2D eigenvalue weighted by Crippen LogP contribution is 2.16. The number of hydrogen-bond donors (Lipinski definition) is 1. The lowest BCUT2D eigenvalue weighted by Gasteiger charge is -2.21. The minimum absolute atomic E-state index is 0.0865. The Labute approximate surface area is 155 Å². The molecule has 8 heteroatoms. The van der Waals surface area contributed by atoms with E-state index >= 15 is 0 Å². The number of nitrogens with one attached hydrogen (secondary N) is 1. The van der Waals surface area contributed by atoms with Gasteiger partial charge >= 0.3 is 0 Å². The molecule has 2 rings (SSSR count). The second kappa shape index (κ2) is 8.64. The SMILES string of the molecule is CCN(CC)S(=O)(=O)c1ccc(C(=O)N[C@@H](C)C(=O)N2CCCC2)cc1. The average molecular weight is 381 g/mol. The van der Waals surface area contributed by atoms with Crippen molar-refractivity contribution >= 4 is 21.8 Å². The van der Waals surface area contributed by atoms with Crippen LogP contribution in [0.5, 0.6) is 0 Å². The second-order valence-electron chi connectivity index (χ2n) is 6.34. The van der Waals surface area contributed by atoms with E-state index in [9.17, 15) is 18.0 Å². The second-order valence-corrected chi connectivity index (χ2v) is 8.28. The highest BCUT2D eigenvalue weighted by atomic mass is 32.2. The van der Waals surface area contributed by atoms with Crippen LogP contribution in [0.3, 0.4) is 0 Å². The van der Waals surface area contributed by atoms with Gasteiger partial charge in [0.15, 0.2) is 0 Å². The van der Waals surface area contributed by atoms with Gasteiger partial charge in [0.25, 0.3) is 5.91 Å². The fraction of sp³-hybridized carbons (Fsp3) is 0.556. The summed E-state index contributed by atoms with van der Waals surface area (Å²) in [5, 5.41) is 2.69. The summed E-state index contributed by atoms with van der Waals surface area (Å²) in [6.07, 6.45) is 1.99. The Hall–Kier alpha value is -1.93. The van der Waals surface area contributed by atoms with Gasteiger partial charge in [-0.2, -0.15) is 4.31 Å². The average Bonchev–Trinajstić information content (AvgIpc) is 3.16. The summed E-state index contributed by atoms with van der Waals surface area (Å²) in [5.41, 5.74) is 0.324. The van der Waals surface area contributed by atoms with E-state index in [1.807, 2.05) is 0 Å². The molecule has 144 valence electrons. The zero-order valence-corrected chi connectivity index (χ0v) is 16.4. The Morgan fingerprint density at radius 2 is 1.65 bits per heavy atom.